The highest BCUT2D eigenvalue weighted by atomic mass is 32.2. The molecule has 2 amide bonds. The van der Waals surface area contributed by atoms with Gasteiger partial charge in [-0.1, -0.05) is 26.7 Å². The van der Waals surface area contributed by atoms with E-state index in [2.05, 4.69) is 16.9 Å². The molecule has 0 aromatic rings. The van der Waals surface area contributed by atoms with Gasteiger partial charge in [0, 0.05) is 11.3 Å². The number of nitrogens with one attached hydrogen (secondary N) is 2. The van der Waals surface area contributed by atoms with E-state index in [1.165, 1.54) is 12.8 Å². The van der Waals surface area contributed by atoms with Crippen molar-refractivity contribution in [2.24, 2.45) is 5.92 Å². The first kappa shape index (κ1) is 17.1. The number of hydrogen-bond acceptors (Lipinski definition) is 3. The fraction of sp³-hybridized carbons (Fsp3) is 0.857. The molecule has 3 N–H and O–H groups in total. The summed E-state index contributed by atoms with van der Waals surface area (Å²) in [5.74, 6) is -0.752. The van der Waals surface area contributed by atoms with Gasteiger partial charge in [0.15, 0.2) is 0 Å². The van der Waals surface area contributed by atoms with Gasteiger partial charge in [-0.2, -0.15) is 11.8 Å². The molecule has 0 spiro atoms. The van der Waals surface area contributed by atoms with Gasteiger partial charge in [0.2, 0.25) is 0 Å². The Morgan fingerprint density at radius 3 is 2.35 bits per heavy atom. The molecule has 1 aliphatic rings. The van der Waals surface area contributed by atoms with Crippen LogP contribution in [0.2, 0.25) is 0 Å². The minimum atomic E-state index is -0.978. The van der Waals surface area contributed by atoms with Crippen molar-refractivity contribution < 1.29 is 14.7 Å². The molecule has 1 atom stereocenters. The molecule has 1 fully saturated rings. The van der Waals surface area contributed by atoms with E-state index < -0.39 is 12.0 Å². The molecule has 0 radical (unpaired) electrons. The molecule has 0 aliphatic heterocycles. The first-order valence-electron chi connectivity index (χ1n) is 7.21. The van der Waals surface area contributed by atoms with Crippen LogP contribution in [0.25, 0.3) is 0 Å². The molecule has 0 bridgehead atoms. The lowest BCUT2D eigenvalue weighted by Crippen LogP contribution is -2.49. The fourth-order valence-corrected chi connectivity index (χ4v) is 3.53. The van der Waals surface area contributed by atoms with Crippen molar-refractivity contribution in [2.45, 2.75) is 56.7 Å². The molecule has 6 heteroatoms. The molecule has 0 aromatic heterocycles. The Hall–Kier alpha value is -0.910. The van der Waals surface area contributed by atoms with E-state index in [-0.39, 0.29) is 16.7 Å². The average molecular weight is 302 g/mol. The van der Waals surface area contributed by atoms with Gasteiger partial charge >= 0.3 is 12.0 Å². The van der Waals surface area contributed by atoms with Crippen LogP contribution in [0.1, 0.15) is 46.0 Å². The standard InChI is InChI=1S/C14H26N2O3S/c1-10(2)8-11(12(17)18)16-13(19)15-9-14(20-3)6-4-5-7-14/h10-11H,4-9H2,1-3H3,(H,17,18)(H2,15,16,19)/t11-/m1/s1. The maximum Gasteiger partial charge on any atom is 0.326 e. The molecule has 1 aliphatic carbocycles. The topological polar surface area (TPSA) is 78.4 Å². The zero-order valence-electron chi connectivity index (χ0n) is 12.6. The van der Waals surface area contributed by atoms with Crippen molar-refractivity contribution in [2.75, 3.05) is 12.8 Å². The highest BCUT2D eigenvalue weighted by molar-refractivity contribution is 8.00. The zero-order chi connectivity index (χ0) is 15.2. The first-order chi connectivity index (χ1) is 9.38. The minimum absolute atomic E-state index is 0.133. The van der Waals surface area contributed by atoms with Gasteiger partial charge in [-0.3, -0.25) is 0 Å². The Bertz CT molecular complexity index is 341. The third-order valence-corrected chi connectivity index (χ3v) is 5.25. The second-order valence-electron chi connectivity index (χ2n) is 5.94. The number of amides is 2. The third kappa shape index (κ3) is 5.23. The van der Waals surface area contributed by atoms with Gasteiger partial charge in [-0.15, -0.1) is 0 Å². The normalized spacial score (nSPS) is 18.8. The molecule has 0 unspecified atom stereocenters. The van der Waals surface area contributed by atoms with Crippen molar-refractivity contribution in [1.29, 1.82) is 0 Å². The number of carboxylic acid groups (broad SMARTS) is 1. The van der Waals surface area contributed by atoms with Crippen molar-refractivity contribution in [3.8, 4) is 0 Å². The lowest BCUT2D eigenvalue weighted by Gasteiger charge is -2.27. The predicted molar refractivity (Wildman–Crippen MR) is 82.1 cm³/mol. The number of urea groups is 1. The van der Waals surface area contributed by atoms with Crippen molar-refractivity contribution in [3.05, 3.63) is 0 Å². The van der Waals surface area contributed by atoms with Crippen LogP contribution >= 0.6 is 11.8 Å². The monoisotopic (exact) mass is 302 g/mol. The number of thioether (sulfide) groups is 1. The molecule has 1 rings (SSSR count). The quantitative estimate of drug-likeness (QED) is 0.675. The predicted octanol–water partition coefficient (Wildman–Crippen LogP) is 2.46. The van der Waals surface area contributed by atoms with Crippen molar-refractivity contribution >= 4 is 23.8 Å². The fourth-order valence-electron chi connectivity index (χ4n) is 2.62. The largest absolute Gasteiger partial charge is 0.480 e. The van der Waals surface area contributed by atoms with E-state index in [1.807, 2.05) is 13.8 Å². The maximum atomic E-state index is 11.9. The van der Waals surface area contributed by atoms with E-state index in [0.717, 1.165) is 12.8 Å². The summed E-state index contributed by atoms with van der Waals surface area (Å²) >= 11 is 1.80. The third-order valence-electron chi connectivity index (χ3n) is 3.83. The number of carboxylic acids is 1. The van der Waals surface area contributed by atoms with E-state index in [1.54, 1.807) is 11.8 Å². The lowest BCUT2D eigenvalue weighted by molar-refractivity contribution is -0.139. The Morgan fingerprint density at radius 1 is 1.30 bits per heavy atom. The van der Waals surface area contributed by atoms with Crippen LogP contribution in [-0.2, 0) is 4.79 Å². The molecule has 116 valence electrons. The number of hydrogen-bond donors (Lipinski definition) is 3. The van der Waals surface area contributed by atoms with E-state index in [9.17, 15) is 9.59 Å². The summed E-state index contributed by atoms with van der Waals surface area (Å²) in [5, 5.41) is 14.5. The molecule has 1 saturated carbocycles. The molecule has 0 heterocycles. The summed E-state index contributed by atoms with van der Waals surface area (Å²) < 4.78 is 0.133. The van der Waals surface area contributed by atoms with E-state index in [4.69, 9.17) is 5.11 Å². The smallest absolute Gasteiger partial charge is 0.326 e. The van der Waals surface area contributed by atoms with Crippen LogP contribution in [0.4, 0.5) is 4.79 Å². The summed E-state index contributed by atoms with van der Waals surface area (Å²) in [7, 11) is 0. The van der Waals surface area contributed by atoms with E-state index in [0.29, 0.717) is 13.0 Å². The number of aliphatic carboxylic acids is 1. The molecular weight excluding hydrogens is 276 g/mol. The number of carbonyl (C=O) groups excluding carboxylic acids is 1. The van der Waals surface area contributed by atoms with Crippen molar-refractivity contribution in [1.82, 2.24) is 10.6 Å². The highest BCUT2D eigenvalue weighted by Gasteiger charge is 2.33. The first-order valence-corrected chi connectivity index (χ1v) is 8.43. The highest BCUT2D eigenvalue weighted by Crippen LogP contribution is 2.39. The lowest BCUT2D eigenvalue weighted by atomic mass is 10.0. The van der Waals surface area contributed by atoms with Gasteiger partial charge in [0.25, 0.3) is 0 Å². The maximum absolute atomic E-state index is 11.9. The minimum Gasteiger partial charge on any atom is -0.480 e. The summed E-state index contributed by atoms with van der Waals surface area (Å²) in [4.78, 5) is 23.0. The van der Waals surface area contributed by atoms with Crippen LogP contribution in [-0.4, -0.2) is 40.7 Å². The second kappa shape index (κ2) is 7.76. The average Bonchev–Trinajstić information content (AvgIpc) is 2.84. The molecule has 5 nitrogen and oxygen atoms in total. The number of carbonyl (C=O) groups is 2. The molecule has 0 aromatic carbocycles. The summed E-state index contributed by atoms with van der Waals surface area (Å²) in [6, 6.07) is -1.19. The van der Waals surface area contributed by atoms with Crippen LogP contribution in [0.5, 0.6) is 0 Å². The summed E-state index contributed by atoms with van der Waals surface area (Å²) in [5.41, 5.74) is 0. The SMILES string of the molecule is CSC1(CNC(=O)N[C@H](CC(C)C)C(=O)O)CCCC1. The Kier molecular flexibility index (Phi) is 6.65. The van der Waals surface area contributed by atoms with Gasteiger partial charge in [0.1, 0.15) is 6.04 Å². The summed E-state index contributed by atoms with van der Waals surface area (Å²) in [6.45, 7) is 4.49. The van der Waals surface area contributed by atoms with E-state index >= 15 is 0 Å². The van der Waals surface area contributed by atoms with Crippen LogP contribution in [0, 0.1) is 5.92 Å². The molecule has 0 saturated heterocycles. The van der Waals surface area contributed by atoms with Gasteiger partial charge in [-0.25, -0.2) is 9.59 Å². The van der Waals surface area contributed by atoms with Gasteiger partial charge < -0.3 is 15.7 Å². The molecular formula is C14H26N2O3S. The number of rotatable bonds is 7. The second-order valence-corrected chi connectivity index (χ2v) is 7.22. The Morgan fingerprint density at radius 2 is 1.90 bits per heavy atom. The van der Waals surface area contributed by atoms with Crippen LogP contribution in [0.3, 0.4) is 0 Å². The molecule has 20 heavy (non-hydrogen) atoms. The zero-order valence-corrected chi connectivity index (χ0v) is 13.4. The van der Waals surface area contributed by atoms with Gasteiger partial charge in [-0.05, 0) is 31.4 Å². The summed E-state index contributed by atoms with van der Waals surface area (Å²) in [6.07, 6.45) is 7.15. The van der Waals surface area contributed by atoms with Crippen LogP contribution in [0.15, 0.2) is 0 Å². The Balaban J connectivity index is 2.43. The van der Waals surface area contributed by atoms with Crippen molar-refractivity contribution in [3.63, 3.8) is 0 Å². The Labute approximate surface area is 125 Å². The van der Waals surface area contributed by atoms with Crippen LogP contribution < -0.4 is 10.6 Å². The van der Waals surface area contributed by atoms with Gasteiger partial charge in [0.05, 0.1) is 0 Å².